The third-order valence-electron chi connectivity index (χ3n) is 1.89. The molecule has 0 heterocycles. The van der Waals surface area contributed by atoms with Crippen molar-refractivity contribution in [1.82, 2.24) is 0 Å². The van der Waals surface area contributed by atoms with Gasteiger partial charge >= 0.3 is 0 Å². The lowest BCUT2D eigenvalue weighted by Gasteiger charge is -2.06. The number of nitro groups is 1. The van der Waals surface area contributed by atoms with Gasteiger partial charge in [-0.15, -0.1) is 6.58 Å². The Labute approximate surface area is 81.2 Å². The normalized spacial score (nSPS) is 12.1. The summed E-state index contributed by atoms with van der Waals surface area (Å²) >= 11 is 0. The van der Waals surface area contributed by atoms with Crippen molar-refractivity contribution in [3.8, 4) is 0 Å². The van der Waals surface area contributed by atoms with Gasteiger partial charge in [0.25, 0.3) is 5.69 Å². The minimum Gasteiger partial charge on any atom is -0.393 e. The Kier molecular flexibility index (Phi) is 2.83. The summed E-state index contributed by atoms with van der Waals surface area (Å²) in [6.45, 7) is 3.51. The molecule has 0 fully saturated rings. The Hall–Kier alpha value is -1.88. The Morgan fingerprint density at radius 3 is 2.71 bits per heavy atom. The fourth-order valence-corrected chi connectivity index (χ4v) is 1.06. The molecule has 74 valence electrons. The Balaban J connectivity index is 3.19. The minimum absolute atomic E-state index is 0.125. The summed E-state index contributed by atoms with van der Waals surface area (Å²) in [7, 11) is 0. The topological polar surface area (TPSA) is 95.2 Å². The summed E-state index contributed by atoms with van der Waals surface area (Å²) in [6.07, 6.45) is 1.51. The van der Waals surface area contributed by atoms with Crippen LogP contribution >= 0.6 is 0 Å². The molecule has 5 nitrogen and oxygen atoms in total. The fourth-order valence-electron chi connectivity index (χ4n) is 1.06. The lowest BCUT2D eigenvalue weighted by Crippen LogP contribution is -2.07. The third-order valence-corrected chi connectivity index (χ3v) is 1.89. The van der Waals surface area contributed by atoms with Crippen molar-refractivity contribution >= 4 is 11.4 Å². The molecule has 0 aliphatic carbocycles. The van der Waals surface area contributed by atoms with Crippen molar-refractivity contribution in [2.45, 2.75) is 6.04 Å². The maximum absolute atomic E-state index is 10.5. The van der Waals surface area contributed by atoms with E-state index in [1.54, 1.807) is 6.07 Å². The molecular weight excluding hydrogens is 182 g/mol. The second kappa shape index (κ2) is 3.89. The molecule has 5 heteroatoms. The number of benzene rings is 1. The molecule has 0 bridgehead atoms. The zero-order chi connectivity index (χ0) is 10.7. The molecule has 0 spiro atoms. The zero-order valence-electron chi connectivity index (χ0n) is 7.51. The molecular formula is C9H11N3O2. The van der Waals surface area contributed by atoms with Gasteiger partial charge in [-0.2, -0.15) is 0 Å². The van der Waals surface area contributed by atoms with Crippen LogP contribution in [0.2, 0.25) is 0 Å². The molecule has 0 saturated carbocycles. The van der Waals surface area contributed by atoms with E-state index in [1.807, 2.05) is 0 Å². The summed E-state index contributed by atoms with van der Waals surface area (Å²) in [5.41, 5.74) is 11.7. The first-order valence-electron chi connectivity index (χ1n) is 3.98. The van der Waals surface area contributed by atoms with Crippen molar-refractivity contribution in [3.63, 3.8) is 0 Å². The van der Waals surface area contributed by atoms with E-state index in [9.17, 15) is 10.1 Å². The predicted octanol–water partition coefficient (Wildman–Crippen LogP) is 1.36. The van der Waals surface area contributed by atoms with E-state index in [0.29, 0.717) is 5.56 Å². The number of nitrogen functional groups attached to an aromatic ring is 1. The van der Waals surface area contributed by atoms with Crippen molar-refractivity contribution in [3.05, 3.63) is 46.5 Å². The minimum atomic E-state index is -0.533. The molecule has 0 aliphatic heterocycles. The van der Waals surface area contributed by atoms with Gasteiger partial charge in [0.05, 0.1) is 4.92 Å². The van der Waals surface area contributed by atoms with Crippen LogP contribution in [0.15, 0.2) is 30.9 Å². The molecule has 0 saturated heterocycles. The number of rotatable bonds is 3. The SMILES string of the molecule is C=C[C@@H](N)c1ccc(N)c([N+](=O)[O-])c1. The van der Waals surface area contributed by atoms with Crippen molar-refractivity contribution in [2.75, 3.05) is 5.73 Å². The van der Waals surface area contributed by atoms with Gasteiger partial charge in [-0.25, -0.2) is 0 Å². The second-order valence-corrected chi connectivity index (χ2v) is 2.84. The van der Waals surface area contributed by atoms with Crippen molar-refractivity contribution < 1.29 is 4.92 Å². The van der Waals surface area contributed by atoms with Gasteiger partial charge in [0, 0.05) is 12.1 Å². The van der Waals surface area contributed by atoms with Crippen LogP contribution < -0.4 is 11.5 Å². The van der Waals surface area contributed by atoms with E-state index >= 15 is 0 Å². The molecule has 0 aromatic heterocycles. The molecule has 4 N–H and O–H groups in total. The second-order valence-electron chi connectivity index (χ2n) is 2.84. The summed E-state index contributed by atoms with van der Waals surface area (Å²) in [6, 6.07) is 4.07. The van der Waals surface area contributed by atoms with Gasteiger partial charge in [0.2, 0.25) is 0 Å². The molecule has 1 rings (SSSR count). The average molecular weight is 193 g/mol. The highest BCUT2D eigenvalue weighted by molar-refractivity contribution is 5.59. The number of nitrogens with zero attached hydrogens (tertiary/aromatic N) is 1. The summed E-state index contributed by atoms with van der Waals surface area (Å²) in [5, 5.41) is 10.5. The molecule has 1 aromatic rings. The van der Waals surface area contributed by atoms with Crippen LogP contribution in [0.1, 0.15) is 11.6 Å². The first-order valence-corrected chi connectivity index (χ1v) is 3.98. The molecule has 0 aliphatic rings. The van der Waals surface area contributed by atoms with Crippen LogP contribution in [0.3, 0.4) is 0 Å². The highest BCUT2D eigenvalue weighted by Gasteiger charge is 2.13. The summed E-state index contributed by atoms with van der Waals surface area (Å²) in [4.78, 5) is 10.0. The monoisotopic (exact) mass is 193 g/mol. The van der Waals surface area contributed by atoms with Gasteiger partial charge in [-0.05, 0) is 11.6 Å². The van der Waals surface area contributed by atoms with E-state index in [0.717, 1.165) is 0 Å². The van der Waals surface area contributed by atoms with Crippen LogP contribution in [0.4, 0.5) is 11.4 Å². The first kappa shape index (κ1) is 10.2. The van der Waals surface area contributed by atoms with Crippen LogP contribution in [0.25, 0.3) is 0 Å². The van der Waals surface area contributed by atoms with E-state index in [2.05, 4.69) is 6.58 Å². The summed E-state index contributed by atoms with van der Waals surface area (Å²) in [5.74, 6) is 0. The molecule has 0 radical (unpaired) electrons. The number of anilines is 1. The van der Waals surface area contributed by atoms with Gasteiger partial charge in [0.15, 0.2) is 0 Å². The molecule has 14 heavy (non-hydrogen) atoms. The Morgan fingerprint density at radius 2 is 2.21 bits per heavy atom. The molecule has 0 unspecified atom stereocenters. The number of nitro benzene ring substituents is 1. The Morgan fingerprint density at radius 1 is 1.57 bits per heavy atom. The smallest absolute Gasteiger partial charge is 0.292 e. The standard InChI is InChI=1S/C9H11N3O2/c1-2-7(10)6-3-4-8(11)9(5-6)12(13)14/h2-5,7H,1,10-11H2/t7-/m1/s1. The van der Waals surface area contributed by atoms with Crippen LogP contribution in [0.5, 0.6) is 0 Å². The maximum Gasteiger partial charge on any atom is 0.292 e. The van der Waals surface area contributed by atoms with E-state index in [-0.39, 0.29) is 11.4 Å². The Bertz CT molecular complexity index is 376. The van der Waals surface area contributed by atoms with Gasteiger partial charge in [-0.3, -0.25) is 10.1 Å². The zero-order valence-corrected chi connectivity index (χ0v) is 7.51. The summed E-state index contributed by atoms with van der Waals surface area (Å²) < 4.78 is 0. The highest BCUT2D eigenvalue weighted by Crippen LogP contribution is 2.24. The predicted molar refractivity (Wildman–Crippen MR) is 54.6 cm³/mol. The van der Waals surface area contributed by atoms with E-state index < -0.39 is 11.0 Å². The van der Waals surface area contributed by atoms with E-state index in [1.165, 1.54) is 18.2 Å². The average Bonchev–Trinajstić information content (AvgIpc) is 2.17. The van der Waals surface area contributed by atoms with Gasteiger partial charge in [-0.1, -0.05) is 12.1 Å². The highest BCUT2D eigenvalue weighted by atomic mass is 16.6. The maximum atomic E-state index is 10.5. The molecule has 1 aromatic carbocycles. The van der Waals surface area contributed by atoms with Crippen LogP contribution in [0, 0.1) is 10.1 Å². The fraction of sp³-hybridized carbons (Fsp3) is 0.111. The van der Waals surface area contributed by atoms with Crippen molar-refractivity contribution in [2.24, 2.45) is 5.73 Å². The largest absolute Gasteiger partial charge is 0.393 e. The number of hydrogen-bond donors (Lipinski definition) is 2. The molecule has 1 atom stereocenters. The lowest BCUT2D eigenvalue weighted by molar-refractivity contribution is -0.384. The first-order chi connectivity index (χ1) is 6.56. The van der Waals surface area contributed by atoms with E-state index in [4.69, 9.17) is 11.5 Å². The number of hydrogen-bond acceptors (Lipinski definition) is 4. The third kappa shape index (κ3) is 1.89. The van der Waals surface area contributed by atoms with Crippen LogP contribution in [-0.4, -0.2) is 4.92 Å². The number of nitrogens with two attached hydrogens (primary N) is 2. The molecule has 0 amide bonds. The van der Waals surface area contributed by atoms with Gasteiger partial charge in [0.1, 0.15) is 5.69 Å². The lowest BCUT2D eigenvalue weighted by atomic mass is 10.1. The van der Waals surface area contributed by atoms with Crippen molar-refractivity contribution in [1.29, 1.82) is 0 Å². The van der Waals surface area contributed by atoms with Gasteiger partial charge < -0.3 is 11.5 Å². The van der Waals surface area contributed by atoms with Crippen LogP contribution in [-0.2, 0) is 0 Å². The quantitative estimate of drug-likeness (QED) is 0.328.